The number of para-hydroxylation sites is 3. The van der Waals surface area contributed by atoms with Crippen molar-refractivity contribution < 1.29 is 9.21 Å². The average Bonchev–Trinajstić information content (AvgIpc) is 3.17. The van der Waals surface area contributed by atoms with Gasteiger partial charge in [0, 0.05) is 18.5 Å². The van der Waals surface area contributed by atoms with E-state index >= 15 is 0 Å². The summed E-state index contributed by atoms with van der Waals surface area (Å²) in [6.07, 6.45) is 1.91. The Bertz CT molecular complexity index is 1100. The molecule has 2 aromatic carbocycles. The summed E-state index contributed by atoms with van der Waals surface area (Å²) in [6, 6.07) is 19.4. The van der Waals surface area contributed by atoms with Gasteiger partial charge >= 0.3 is 0 Å². The van der Waals surface area contributed by atoms with Crippen molar-refractivity contribution in [1.29, 1.82) is 0 Å². The minimum atomic E-state index is -0.0263. The van der Waals surface area contributed by atoms with Gasteiger partial charge in [0.1, 0.15) is 11.2 Å². The molecular formula is C22H19N3O2. The lowest BCUT2D eigenvalue weighted by Gasteiger charge is -2.31. The van der Waals surface area contributed by atoms with Crippen molar-refractivity contribution >= 4 is 27.9 Å². The molecule has 5 rings (SSSR count). The Balaban J connectivity index is 1.40. The van der Waals surface area contributed by atoms with E-state index in [-0.39, 0.29) is 11.8 Å². The first kappa shape index (κ1) is 16.0. The quantitative estimate of drug-likeness (QED) is 0.534. The molecule has 1 amide bonds. The monoisotopic (exact) mass is 357 g/mol. The van der Waals surface area contributed by atoms with Gasteiger partial charge in [0.15, 0.2) is 11.5 Å². The van der Waals surface area contributed by atoms with E-state index in [0.717, 1.165) is 47.3 Å². The summed E-state index contributed by atoms with van der Waals surface area (Å²) in [4.78, 5) is 24.1. The second kappa shape index (κ2) is 6.50. The number of rotatable bonds is 2. The van der Waals surface area contributed by atoms with Gasteiger partial charge in [-0.15, -0.1) is 0 Å². The number of benzene rings is 2. The molecule has 0 saturated carbocycles. The Kier molecular flexibility index (Phi) is 3.85. The minimum Gasteiger partial charge on any atom is -0.440 e. The fourth-order valence-corrected chi connectivity index (χ4v) is 3.77. The van der Waals surface area contributed by atoms with E-state index in [1.165, 1.54) is 0 Å². The van der Waals surface area contributed by atoms with Crippen molar-refractivity contribution in [2.45, 2.75) is 18.8 Å². The Morgan fingerprint density at radius 3 is 2.67 bits per heavy atom. The molecule has 1 aliphatic heterocycles. The van der Waals surface area contributed by atoms with E-state index in [1.54, 1.807) is 0 Å². The maximum atomic E-state index is 13.0. The second-order valence-corrected chi connectivity index (χ2v) is 7.00. The van der Waals surface area contributed by atoms with Gasteiger partial charge in [-0.25, -0.2) is 9.97 Å². The number of aromatic nitrogens is 2. The summed E-state index contributed by atoms with van der Waals surface area (Å²) in [7, 11) is 0. The maximum Gasteiger partial charge on any atom is 0.272 e. The van der Waals surface area contributed by atoms with Crippen molar-refractivity contribution in [3.63, 3.8) is 0 Å². The third-order valence-electron chi connectivity index (χ3n) is 5.19. The number of hydrogen-bond donors (Lipinski definition) is 0. The zero-order chi connectivity index (χ0) is 18.2. The molecule has 1 saturated heterocycles. The van der Waals surface area contributed by atoms with Gasteiger partial charge in [-0.2, -0.15) is 0 Å². The van der Waals surface area contributed by atoms with Gasteiger partial charge in [0.2, 0.25) is 0 Å². The number of hydrogen-bond acceptors (Lipinski definition) is 4. The van der Waals surface area contributed by atoms with E-state index in [4.69, 9.17) is 4.42 Å². The van der Waals surface area contributed by atoms with E-state index in [2.05, 4.69) is 9.97 Å². The number of pyridine rings is 1. The van der Waals surface area contributed by atoms with Gasteiger partial charge in [0.05, 0.1) is 11.4 Å². The Labute approximate surface area is 156 Å². The fourth-order valence-electron chi connectivity index (χ4n) is 3.77. The highest BCUT2D eigenvalue weighted by atomic mass is 16.3. The fraction of sp³-hybridized carbons (Fsp3) is 0.227. The Morgan fingerprint density at radius 2 is 1.78 bits per heavy atom. The summed E-state index contributed by atoms with van der Waals surface area (Å²) < 4.78 is 5.93. The third-order valence-corrected chi connectivity index (χ3v) is 5.19. The van der Waals surface area contributed by atoms with Crippen LogP contribution in [0.15, 0.2) is 65.1 Å². The van der Waals surface area contributed by atoms with Gasteiger partial charge < -0.3 is 9.32 Å². The zero-order valence-corrected chi connectivity index (χ0v) is 14.8. The molecule has 0 unspecified atom stereocenters. The molecule has 1 fully saturated rings. The highest BCUT2D eigenvalue weighted by Crippen LogP contribution is 2.29. The van der Waals surface area contributed by atoms with E-state index < -0.39 is 0 Å². The van der Waals surface area contributed by atoms with Crippen molar-refractivity contribution in [2.75, 3.05) is 13.1 Å². The van der Waals surface area contributed by atoms with Gasteiger partial charge in [-0.1, -0.05) is 36.4 Å². The van der Waals surface area contributed by atoms with Crippen molar-refractivity contribution in [1.82, 2.24) is 14.9 Å². The molecular weight excluding hydrogens is 338 g/mol. The molecule has 0 bridgehead atoms. The standard InChI is InChI=1S/C22H19N3O2/c26-22(19-12-11-15-6-1-2-8-17(15)23-19)25-13-5-7-16(14-25)21-24-18-9-3-4-10-20(18)27-21/h1-4,6,8-12,16H,5,7,13-14H2/t16-/m1/s1. The molecule has 134 valence electrons. The molecule has 2 aromatic heterocycles. The summed E-state index contributed by atoms with van der Waals surface area (Å²) in [6.45, 7) is 1.35. The van der Waals surface area contributed by atoms with Crippen LogP contribution < -0.4 is 0 Å². The van der Waals surface area contributed by atoms with Crippen LogP contribution in [0.5, 0.6) is 0 Å². The number of nitrogens with zero attached hydrogens (tertiary/aromatic N) is 3. The smallest absolute Gasteiger partial charge is 0.272 e. The van der Waals surface area contributed by atoms with Crippen LogP contribution in [0.1, 0.15) is 35.1 Å². The molecule has 0 aliphatic carbocycles. The third kappa shape index (κ3) is 2.95. The molecule has 0 radical (unpaired) electrons. The molecule has 1 aliphatic rings. The summed E-state index contributed by atoms with van der Waals surface area (Å²) in [5.74, 6) is 0.817. The highest BCUT2D eigenvalue weighted by Gasteiger charge is 2.29. The van der Waals surface area contributed by atoms with Crippen LogP contribution in [0, 0.1) is 0 Å². The van der Waals surface area contributed by atoms with Crippen molar-refractivity contribution in [3.05, 3.63) is 72.2 Å². The number of likely N-dealkylation sites (tertiary alicyclic amines) is 1. The highest BCUT2D eigenvalue weighted by molar-refractivity contribution is 5.95. The van der Waals surface area contributed by atoms with Crippen LogP contribution in [0.4, 0.5) is 0 Å². The number of piperidine rings is 1. The first-order valence-corrected chi connectivity index (χ1v) is 9.28. The number of carbonyl (C=O) groups is 1. The van der Waals surface area contributed by atoms with Crippen molar-refractivity contribution in [3.8, 4) is 0 Å². The number of oxazole rings is 1. The molecule has 1 atom stereocenters. The minimum absolute atomic E-state index is 0.0263. The van der Waals surface area contributed by atoms with E-state index in [1.807, 2.05) is 65.6 Å². The zero-order valence-electron chi connectivity index (χ0n) is 14.8. The summed E-state index contributed by atoms with van der Waals surface area (Å²) in [5, 5.41) is 1.04. The van der Waals surface area contributed by atoms with E-state index in [0.29, 0.717) is 12.2 Å². The molecule has 3 heterocycles. The van der Waals surface area contributed by atoms with E-state index in [9.17, 15) is 4.79 Å². The maximum absolute atomic E-state index is 13.0. The molecule has 5 nitrogen and oxygen atoms in total. The predicted octanol–water partition coefficient (Wildman–Crippen LogP) is 4.40. The molecule has 0 spiro atoms. The summed E-state index contributed by atoms with van der Waals surface area (Å²) in [5.41, 5.74) is 3.00. The predicted molar refractivity (Wildman–Crippen MR) is 104 cm³/mol. The van der Waals surface area contributed by atoms with Crippen LogP contribution in [0.3, 0.4) is 0 Å². The topological polar surface area (TPSA) is 59.2 Å². The lowest BCUT2D eigenvalue weighted by molar-refractivity contribution is 0.0693. The molecule has 27 heavy (non-hydrogen) atoms. The van der Waals surface area contributed by atoms with Crippen LogP contribution in [0.2, 0.25) is 0 Å². The summed E-state index contributed by atoms with van der Waals surface area (Å²) >= 11 is 0. The van der Waals surface area contributed by atoms with Gasteiger partial charge in [0.25, 0.3) is 5.91 Å². The number of fused-ring (bicyclic) bond motifs is 2. The van der Waals surface area contributed by atoms with Gasteiger partial charge in [-0.05, 0) is 37.1 Å². The van der Waals surface area contributed by atoms with Gasteiger partial charge in [-0.3, -0.25) is 4.79 Å². The number of carbonyl (C=O) groups excluding carboxylic acids is 1. The first-order chi connectivity index (χ1) is 13.3. The van der Waals surface area contributed by atoms with Crippen LogP contribution in [0.25, 0.3) is 22.0 Å². The van der Waals surface area contributed by atoms with Crippen LogP contribution in [-0.2, 0) is 0 Å². The number of amides is 1. The molecule has 0 N–H and O–H groups in total. The Hall–Kier alpha value is -3.21. The second-order valence-electron chi connectivity index (χ2n) is 7.00. The SMILES string of the molecule is O=C(c1ccc2ccccc2n1)N1CCC[C@@H](c2nc3ccccc3o2)C1. The largest absolute Gasteiger partial charge is 0.440 e. The Morgan fingerprint density at radius 1 is 0.963 bits per heavy atom. The normalized spacial score (nSPS) is 17.5. The van der Waals surface area contributed by atoms with Crippen LogP contribution in [-0.4, -0.2) is 33.9 Å². The first-order valence-electron chi connectivity index (χ1n) is 9.28. The van der Waals surface area contributed by atoms with Crippen molar-refractivity contribution in [2.24, 2.45) is 0 Å². The lowest BCUT2D eigenvalue weighted by Crippen LogP contribution is -2.39. The molecule has 5 heteroatoms. The lowest BCUT2D eigenvalue weighted by atomic mass is 9.97. The average molecular weight is 357 g/mol. The van der Waals surface area contributed by atoms with Crippen LogP contribution >= 0.6 is 0 Å². The molecule has 4 aromatic rings.